The molecule has 1 saturated carbocycles. The molecule has 0 aromatic heterocycles. The van der Waals surface area contributed by atoms with Crippen LogP contribution in [0.15, 0.2) is 27.7 Å². The van der Waals surface area contributed by atoms with Crippen LogP contribution >= 0.6 is 15.9 Å². The quantitative estimate of drug-likeness (QED) is 0.430. The van der Waals surface area contributed by atoms with E-state index >= 15 is 0 Å². The van der Waals surface area contributed by atoms with Gasteiger partial charge in [0.15, 0.2) is 20.0 Å². The molecular weight excluding hydrogens is 543 g/mol. The SMILES string of the molecule is CC(C)(C)OC(=O)C1(C(=O)OC(C)(C)C)CC[C@]12C(N)=NC(C)(c1cc(Br)ccc1F)CS2(=O)=O. The second kappa shape index (κ2) is 8.26. The van der Waals surface area contributed by atoms with Crippen LogP contribution in [-0.4, -0.2) is 47.9 Å². The largest absolute Gasteiger partial charge is 0.459 e. The highest BCUT2D eigenvalue weighted by Crippen LogP contribution is 2.60. The van der Waals surface area contributed by atoms with Crippen LogP contribution in [0.4, 0.5) is 4.39 Å². The molecule has 0 radical (unpaired) electrons. The van der Waals surface area contributed by atoms with Gasteiger partial charge in [0.25, 0.3) is 0 Å². The maximum absolute atomic E-state index is 14.8. The van der Waals surface area contributed by atoms with Crippen molar-refractivity contribution in [1.82, 2.24) is 0 Å². The number of carbonyl (C=O) groups is 2. The van der Waals surface area contributed by atoms with Gasteiger partial charge < -0.3 is 15.2 Å². The third kappa shape index (κ3) is 4.39. The molecule has 0 bridgehead atoms. The molecule has 1 aromatic rings. The van der Waals surface area contributed by atoms with Gasteiger partial charge in [-0.1, -0.05) is 15.9 Å². The molecule has 1 heterocycles. The summed E-state index contributed by atoms with van der Waals surface area (Å²) >= 11 is 3.27. The zero-order valence-electron chi connectivity index (χ0n) is 21.0. The first-order valence-electron chi connectivity index (χ1n) is 11.2. The summed E-state index contributed by atoms with van der Waals surface area (Å²) in [5.41, 5.74) is 0.530. The molecular formula is C24H32BrFN2O6S. The zero-order chi connectivity index (χ0) is 26.8. The summed E-state index contributed by atoms with van der Waals surface area (Å²) in [7, 11) is -4.37. The van der Waals surface area contributed by atoms with Gasteiger partial charge in [0.1, 0.15) is 28.4 Å². The van der Waals surface area contributed by atoms with Crippen LogP contribution in [-0.2, 0) is 34.4 Å². The van der Waals surface area contributed by atoms with Crippen molar-refractivity contribution in [2.45, 2.75) is 82.8 Å². The molecule has 1 unspecified atom stereocenters. The van der Waals surface area contributed by atoms with E-state index in [0.29, 0.717) is 4.47 Å². The van der Waals surface area contributed by atoms with E-state index in [-0.39, 0.29) is 18.4 Å². The molecule has 2 atom stereocenters. The molecule has 11 heteroatoms. The zero-order valence-corrected chi connectivity index (χ0v) is 23.4. The van der Waals surface area contributed by atoms with Crippen molar-refractivity contribution in [2.24, 2.45) is 16.1 Å². The second-order valence-electron chi connectivity index (χ2n) is 11.4. The fourth-order valence-corrected chi connectivity index (χ4v) is 7.95. The fraction of sp³-hybridized carbons (Fsp3) is 0.625. The molecule has 1 aliphatic carbocycles. The summed E-state index contributed by atoms with van der Waals surface area (Å²) in [5.74, 6) is -3.83. The predicted octanol–water partition coefficient (Wildman–Crippen LogP) is 3.79. The molecule has 1 spiro atoms. The van der Waals surface area contributed by atoms with Crippen LogP contribution in [0.25, 0.3) is 0 Å². The molecule has 1 aromatic carbocycles. The minimum absolute atomic E-state index is 0.0210. The van der Waals surface area contributed by atoms with Crippen LogP contribution in [0.3, 0.4) is 0 Å². The maximum Gasteiger partial charge on any atom is 0.326 e. The van der Waals surface area contributed by atoms with E-state index in [0.717, 1.165) is 0 Å². The Bertz CT molecular complexity index is 1190. The normalized spacial score (nSPS) is 27.5. The Morgan fingerprint density at radius 2 is 1.57 bits per heavy atom. The maximum atomic E-state index is 14.8. The minimum Gasteiger partial charge on any atom is -0.459 e. The second-order valence-corrected chi connectivity index (χ2v) is 14.5. The Kier molecular flexibility index (Phi) is 6.51. The van der Waals surface area contributed by atoms with E-state index in [2.05, 4.69) is 20.9 Å². The molecule has 35 heavy (non-hydrogen) atoms. The first-order valence-corrected chi connectivity index (χ1v) is 13.7. The van der Waals surface area contributed by atoms with Crippen molar-refractivity contribution in [1.29, 1.82) is 0 Å². The Morgan fingerprint density at radius 1 is 1.06 bits per heavy atom. The number of carbonyl (C=O) groups excluding carboxylic acids is 2. The lowest BCUT2D eigenvalue weighted by atomic mass is 9.58. The summed E-state index contributed by atoms with van der Waals surface area (Å²) < 4.78 is 52.3. The first-order chi connectivity index (χ1) is 15.7. The van der Waals surface area contributed by atoms with Crippen molar-refractivity contribution in [3.05, 3.63) is 34.1 Å². The summed E-state index contributed by atoms with van der Waals surface area (Å²) in [6.07, 6.45) is -0.269. The van der Waals surface area contributed by atoms with E-state index in [4.69, 9.17) is 15.2 Å². The number of esters is 2. The lowest BCUT2D eigenvalue weighted by molar-refractivity contribution is -0.194. The number of amidine groups is 1. The smallest absolute Gasteiger partial charge is 0.326 e. The fourth-order valence-electron chi connectivity index (χ4n) is 4.81. The number of sulfone groups is 1. The predicted molar refractivity (Wildman–Crippen MR) is 133 cm³/mol. The number of nitrogens with two attached hydrogens (primary N) is 1. The summed E-state index contributed by atoms with van der Waals surface area (Å²) in [6.45, 7) is 11.1. The molecule has 8 nitrogen and oxygen atoms in total. The molecule has 0 amide bonds. The minimum atomic E-state index is -4.37. The highest BCUT2D eigenvalue weighted by Gasteiger charge is 2.79. The Labute approximate surface area is 213 Å². The average Bonchev–Trinajstić information content (AvgIpc) is 2.58. The number of hydrogen-bond acceptors (Lipinski definition) is 8. The number of benzene rings is 1. The molecule has 3 rings (SSSR count). The van der Waals surface area contributed by atoms with Crippen LogP contribution in [0.2, 0.25) is 0 Å². The molecule has 2 N–H and O–H groups in total. The van der Waals surface area contributed by atoms with Gasteiger partial charge >= 0.3 is 11.9 Å². The van der Waals surface area contributed by atoms with Gasteiger partial charge in [-0.15, -0.1) is 0 Å². The Morgan fingerprint density at radius 3 is 1.97 bits per heavy atom. The number of nitrogens with zero attached hydrogens (tertiary/aromatic N) is 1. The van der Waals surface area contributed by atoms with Crippen molar-refractivity contribution < 1.29 is 31.9 Å². The number of ether oxygens (including phenoxy) is 2. The van der Waals surface area contributed by atoms with Gasteiger partial charge in [-0.05, 0) is 79.5 Å². The van der Waals surface area contributed by atoms with E-state index in [1.807, 2.05) is 0 Å². The molecule has 1 aliphatic heterocycles. The third-order valence-corrected chi connectivity index (χ3v) is 9.59. The van der Waals surface area contributed by atoms with Gasteiger partial charge in [0.05, 0.1) is 5.75 Å². The van der Waals surface area contributed by atoms with E-state index in [9.17, 15) is 22.4 Å². The van der Waals surface area contributed by atoms with Gasteiger partial charge in [0.2, 0.25) is 0 Å². The van der Waals surface area contributed by atoms with Crippen LogP contribution in [0, 0.1) is 11.2 Å². The highest BCUT2D eigenvalue weighted by molar-refractivity contribution is 9.10. The standard InChI is InChI=1S/C24H32BrFN2O6S/c1-20(2,3)33-18(29)23(19(30)34-21(4,5)6)10-11-24(23)17(27)28-22(7,13-35(24,31)32)15-12-14(25)8-9-16(15)26/h8-9,12H,10-11,13H2,1-7H3,(H2,27,28)/t22?,24-/m0/s1. The number of rotatable bonds is 3. The van der Waals surface area contributed by atoms with Crippen molar-refractivity contribution in [3.63, 3.8) is 0 Å². The van der Waals surface area contributed by atoms with Crippen LogP contribution in [0.1, 0.15) is 66.9 Å². The average molecular weight is 575 g/mol. The van der Waals surface area contributed by atoms with E-state index < -0.39 is 66.1 Å². The first kappa shape index (κ1) is 27.6. The molecule has 2 aliphatic rings. The highest BCUT2D eigenvalue weighted by atomic mass is 79.9. The lowest BCUT2D eigenvalue weighted by Crippen LogP contribution is -2.77. The monoisotopic (exact) mass is 574 g/mol. The van der Waals surface area contributed by atoms with Crippen molar-refractivity contribution >= 4 is 43.5 Å². The van der Waals surface area contributed by atoms with Gasteiger partial charge in [-0.2, -0.15) is 0 Å². The van der Waals surface area contributed by atoms with Gasteiger partial charge in [0, 0.05) is 10.0 Å². The summed E-state index contributed by atoms with van der Waals surface area (Å²) in [4.78, 5) is 31.6. The third-order valence-electron chi connectivity index (χ3n) is 6.33. The topological polar surface area (TPSA) is 125 Å². The molecule has 1 fully saturated rings. The van der Waals surface area contributed by atoms with Crippen LogP contribution < -0.4 is 5.73 Å². The summed E-state index contributed by atoms with van der Waals surface area (Å²) in [6, 6.07) is 4.12. The van der Waals surface area contributed by atoms with E-state index in [1.165, 1.54) is 25.1 Å². The lowest BCUT2D eigenvalue weighted by Gasteiger charge is -2.56. The Hall–Kier alpha value is -2.01. The van der Waals surface area contributed by atoms with Gasteiger partial charge in [-0.3, -0.25) is 14.6 Å². The van der Waals surface area contributed by atoms with Crippen molar-refractivity contribution in [3.8, 4) is 0 Å². The molecule has 194 valence electrons. The van der Waals surface area contributed by atoms with Crippen molar-refractivity contribution in [2.75, 3.05) is 5.75 Å². The number of halogens is 2. The number of hydrogen-bond donors (Lipinski definition) is 1. The van der Waals surface area contributed by atoms with Gasteiger partial charge in [-0.25, -0.2) is 12.8 Å². The molecule has 0 saturated heterocycles. The Balaban J connectivity index is 2.26. The number of aliphatic imine (C=N–C) groups is 1. The van der Waals surface area contributed by atoms with Crippen LogP contribution in [0.5, 0.6) is 0 Å². The van der Waals surface area contributed by atoms with E-state index in [1.54, 1.807) is 41.5 Å². The summed E-state index contributed by atoms with van der Waals surface area (Å²) in [5, 5.41) is 0.